The highest BCUT2D eigenvalue weighted by Crippen LogP contribution is 2.30. The Balaban J connectivity index is 1.88. The summed E-state index contributed by atoms with van der Waals surface area (Å²) in [7, 11) is 0. The van der Waals surface area contributed by atoms with Crippen molar-refractivity contribution in [1.82, 2.24) is 14.3 Å². The molecular weight excluding hydrogens is 270 g/mol. The van der Waals surface area contributed by atoms with Gasteiger partial charge in [-0.2, -0.15) is 5.10 Å². The predicted octanol–water partition coefficient (Wildman–Crippen LogP) is 1.67. The summed E-state index contributed by atoms with van der Waals surface area (Å²) >= 11 is 0. The summed E-state index contributed by atoms with van der Waals surface area (Å²) in [6, 6.07) is -0.520. The number of carbonyl (C=O) groups excluding carboxylic acids is 1. The molecule has 21 heavy (non-hydrogen) atoms. The fourth-order valence-corrected chi connectivity index (χ4v) is 2.79. The first kappa shape index (κ1) is 14.4. The number of hydrogen-bond donors (Lipinski definition) is 0. The van der Waals surface area contributed by atoms with E-state index in [2.05, 4.69) is 5.10 Å². The third-order valence-electron chi connectivity index (χ3n) is 3.94. The van der Waals surface area contributed by atoms with Gasteiger partial charge in [0.15, 0.2) is 0 Å². The van der Waals surface area contributed by atoms with E-state index >= 15 is 0 Å². The van der Waals surface area contributed by atoms with Gasteiger partial charge in [-0.1, -0.05) is 0 Å². The summed E-state index contributed by atoms with van der Waals surface area (Å²) in [6.07, 6.45) is 4.61. The molecule has 1 aliphatic heterocycles. The number of nitrogens with zero attached hydrogens (tertiary/aromatic N) is 3. The Hall–Kier alpha value is -1.59. The lowest BCUT2D eigenvalue weighted by atomic mass is 10.0. The van der Waals surface area contributed by atoms with Gasteiger partial charge in [0.2, 0.25) is 0 Å². The number of carbonyl (C=O) groups is 1. The van der Waals surface area contributed by atoms with Crippen LogP contribution in [-0.4, -0.2) is 25.9 Å². The predicted molar refractivity (Wildman–Crippen MR) is 77.0 cm³/mol. The third kappa shape index (κ3) is 3.04. The van der Waals surface area contributed by atoms with Crippen molar-refractivity contribution in [2.24, 2.45) is 5.92 Å². The Morgan fingerprint density at radius 3 is 2.67 bits per heavy atom. The maximum atomic E-state index is 12.5. The molecule has 3 rings (SSSR count). The Bertz CT molecular complexity index is 605. The molecule has 0 radical (unpaired) electrons. The minimum Gasteiger partial charge on any atom is -0.458 e. The van der Waals surface area contributed by atoms with Crippen LogP contribution in [0.5, 0.6) is 0 Å². The molecule has 0 saturated heterocycles. The van der Waals surface area contributed by atoms with Crippen LogP contribution in [0.4, 0.5) is 0 Å². The minimum absolute atomic E-state index is 0.160. The van der Waals surface area contributed by atoms with Crippen LogP contribution in [0.15, 0.2) is 4.79 Å². The van der Waals surface area contributed by atoms with E-state index in [1.54, 1.807) is 4.57 Å². The van der Waals surface area contributed by atoms with Gasteiger partial charge in [-0.3, -0.25) is 4.57 Å². The standard InChI is InChI=1S/C15H23N3O3/c1-15(2,3)21-13(19)11-5-4-6-12-16-17(9-10-7-8-10)14(20)18(11)12/h10-11H,4-9H2,1-3H3. The Labute approximate surface area is 124 Å². The van der Waals surface area contributed by atoms with Crippen molar-refractivity contribution in [2.45, 2.75) is 71.1 Å². The molecule has 1 saturated carbocycles. The number of fused-ring (bicyclic) bond motifs is 1. The van der Waals surface area contributed by atoms with Crippen LogP contribution in [0.1, 0.15) is 58.3 Å². The summed E-state index contributed by atoms with van der Waals surface area (Å²) in [5, 5.41) is 4.42. The monoisotopic (exact) mass is 293 g/mol. The van der Waals surface area contributed by atoms with Gasteiger partial charge in [-0.05, 0) is 52.4 Å². The molecule has 1 aromatic heterocycles. The van der Waals surface area contributed by atoms with Gasteiger partial charge in [0.1, 0.15) is 17.5 Å². The van der Waals surface area contributed by atoms with Crippen LogP contribution in [0.2, 0.25) is 0 Å². The van der Waals surface area contributed by atoms with Gasteiger partial charge in [0.05, 0.1) is 0 Å². The average Bonchev–Trinajstić information content (AvgIpc) is 3.13. The van der Waals surface area contributed by atoms with Crippen molar-refractivity contribution in [2.75, 3.05) is 0 Å². The molecule has 1 aliphatic carbocycles. The zero-order chi connectivity index (χ0) is 15.2. The first-order chi connectivity index (χ1) is 9.85. The van der Waals surface area contributed by atoms with E-state index in [1.165, 1.54) is 17.5 Å². The van der Waals surface area contributed by atoms with Crippen LogP contribution in [0, 0.1) is 5.92 Å². The molecule has 1 atom stereocenters. The van der Waals surface area contributed by atoms with Gasteiger partial charge in [0, 0.05) is 13.0 Å². The molecule has 0 amide bonds. The first-order valence-electron chi connectivity index (χ1n) is 7.76. The third-order valence-corrected chi connectivity index (χ3v) is 3.94. The summed E-state index contributed by atoms with van der Waals surface area (Å²) < 4.78 is 8.55. The smallest absolute Gasteiger partial charge is 0.346 e. The first-order valence-corrected chi connectivity index (χ1v) is 7.76. The van der Waals surface area contributed by atoms with E-state index < -0.39 is 11.6 Å². The second kappa shape index (κ2) is 5.00. The number of aromatic nitrogens is 3. The lowest BCUT2D eigenvalue weighted by Crippen LogP contribution is -2.38. The zero-order valence-electron chi connectivity index (χ0n) is 13.0. The van der Waals surface area contributed by atoms with E-state index in [9.17, 15) is 9.59 Å². The molecule has 1 aromatic rings. The Morgan fingerprint density at radius 1 is 1.33 bits per heavy atom. The highest BCUT2D eigenvalue weighted by Gasteiger charge is 2.34. The summed E-state index contributed by atoms with van der Waals surface area (Å²) in [5.74, 6) is 0.985. The number of rotatable bonds is 3. The van der Waals surface area contributed by atoms with Crippen LogP contribution in [0.25, 0.3) is 0 Å². The molecule has 0 bridgehead atoms. The second-order valence-electron chi connectivity index (χ2n) is 7.14. The molecule has 6 nitrogen and oxygen atoms in total. The van der Waals surface area contributed by atoms with Crippen molar-refractivity contribution in [1.29, 1.82) is 0 Å². The van der Waals surface area contributed by atoms with Crippen molar-refractivity contribution in [3.05, 3.63) is 16.3 Å². The van der Waals surface area contributed by atoms with E-state index in [0.717, 1.165) is 18.7 Å². The van der Waals surface area contributed by atoms with Gasteiger partial charge in [-0.25, -0.2) is 14.3 Å². The lowest BCUT2D eigenvalue weighted by molar-refractivity contribution is -0.159. The van der Waals surface area contributed by atoms with Gasteiger partial charge in [0.25, 0.3) is 0 Å². The van der Waals surface area contributed by atoms with Gasteiger partial charge in [-0.15, -0.1) is 0 Å². The van der Waals surface area contributed by atoms with E-state index in [0.29, 0.717) is 18.9 Å². The fraction of sp³-hybridized carbons (Fsp3) is 0.800. The molecule has 0 spiro atoms. The molecule has 0 aromatic carbocycles. The van der Waals surface area contributed by atoms with Crippen LogP contribution in [0.3, 0.4) is 0 Å². The Morgan fingerprint density at radius 2 is 2.05 bits per heavy atom. The maximum Gasteiger partial charge on any atom is 0.346 e. The molecule has 2 heterocycles. The van der Waals surface area contributed by atoms with E-state index in [4.69, 9.17) is 4.74 Å². The van der Waals surface area contributed by atoms with Gasteiger partial charge >= 0.3 is 11.7 Å². The number of hydrogen-bond acceptors (Lipinski definition) is 4. The topological polar surface area (TPSA) is 66.1 Å². The van der Waals surface area contributed by atoms with Crippen molar-refractivity contribution < 1.29 is 9.53 Å². The summed E-state index contributed by atoms with van der Waals surface area (Å²) in [5.41, 5.74) is -0.699. The van der Waals surface area contributed by atoms with Crippen LogP contribution in [-0.2, 0) is 22.5 Å². The number of aryl methyl sites for hydroxylation is 1. The molecule has 116 valence electrons. The molecule has 2 aliphatic rings. The molecule has 0 N–H and O–H groups in total. The summed E-state index contributed by atoms with van der Waals surface area (Å²) in [6.45, 7) is 6.20. The Kier molecular flexibility index (Phi) is 3.42. The highest BCUT2D eigenvalue weighted by molar-refractivity contribution is 5.74. The number of esters is 1. The quantitative estimate of drug-likeness (QED) is 0.795. The maximum absolute atomic E-state index is 12.5. The second-order valence-corrected chi connectivity index (χ2v) is 7.14. The molecule has 1 fully saturated rings. The van der Waals surface area contributed by atoms with Gasteiger partial charge < -0.3 is 4.74 Å². The fourth-order valence-electron chi connectivity index (χ4n) is 2.79. The zero-order valence-corrected chi connectivity index (χ0v) is 13.0. The number of ether oxygens (including phenoxy) is 1. The molecule has 6 heteroatoms. The minimum atomic E-state index is -0.539. The van der Waals surface area contributed by atoms with Crippen molar-refractivity contribution >= 4 is 5.97 Å². The van der Waals surface area contributed by atoms with Crippen molar-refractivity contribution in [3.8, 4) is 0 Å². The SMILES string of the molecule is CC(C)(C)OC(=O)C1CCCc2nn(CC3CC3)c(=O)n21. The van der Waals surface area contributed by atoms with Crippen LogP contribution < -0.4 is 5.69 Å². The largest absolute Gasteiger partial charge is 0.458 e. The molecular formula is C15H23N3O3. The lowest BCUT2D eigenvalue weighted by Gasteiger charge is -2.26. The normalized spacial score (nSPS) is 22.0. The highest BCUT2D eigenvalue weighted by atomic mass is 16.6. The van der Waals surface area contributed by atoms with Crippen molar-refractivity contribution in [3.63, 3.8) is 0 Å². The average molecular weight is 293 g/mol. The van der Waals surface area contributed by atoms with Crippen LogP contribution >= 0.6 is 0 Å². The van der Waals surface area contributed by atoms with E-state index in [1.807, 2.05) is 20.8 Å². The van der Waals surface area contributed by atoms with E-state index in [-0.39, 0.29) is 11.7 Å². The summed E-state index contributed by atoms with van der Waals surface area (Å²) in [4.78, 5) is 24.9. The molecule has 1 unspecified atom stereocenters.